The van der Waals surface area contributed by atoms with Crippen molar-refractivity contribution in [2.75, 3.05) is 26.8 Å². The van der Waals surface area contributed by atoms with E-state index < -0.39 is 5.82 Å². The third kappa shape index (κ3) is 4.27. The Bertz CT molecular complexity index is 490. The average Bonchev–Trinajstić information content (AvgIpc) is 2.47. The van der Waals surface area contributed by atoms with Gasteiger partial charge in [0.1, 0.15) is 5.82 Å². The SMILES string of the molecule is COCCC[C@H]1CCCN(C(=O)c2ccc(C)cc2F)C1. The van der Waals surface area contributed by atoms with Crippen LogP contribution in [0.4, 0.5) is 4.39 Å². The van der Waals surface area contributed by atoms with Gasteiger partial charge in [-0.05, 0) is 56.2 Å². The van der Waals surface area contributed by atoms with Crippen molar-refractivity contribution < 1.29 is 13.9 Å². The maximum Gasteiger partial charge on any atom is 0.256 e. The molecule has 116 valence electrons. The number of carbonyl (C=O) groups excluding carboxylic acids is 1. The Hall–Kier alpha value is -1.42. The van der Waals surface area contributed by atoms with Gasteiger partial charge in [-0.25, -0.2) is 4.39 Å². The Labute approximate surface area is 126 Å². The van der Waals surface area contributed by atoms with E-state index in [4.69, 9.17) is 4.74 Å². The fraction of sp³-hybridized carbons (Fsp3) is 0.588. The molecule has 1 aliphatic rings. The molecule has 3 nitrogen and oxygen atoms in total. The molecule has 21 heavy (non-hydrogen) atoms. The number of aryl methyl sites for hydroxylation is 1. The highest BCUT2D eigenvalue weighted by Gasteiger charge is 2.25. The number of hydrogen-bond donors (Lipinski definition) is 0. The van der Waals surface area contributed by atoms with Crippen LogP contribution in [0.2, 0.25) is 0 Å². The minimum absolute atomic E-state index is 0.177. The quantitative estimate of drug-likeness (QED) is 0.779. The van der Waals surface area contributed by atoms with E-state index in [0.29, 0.717) is 5.92 Å². The highest BCUT2D eigenvalue weighted by Crippen LogP contribution is 2.23. The molecule has 1 amide bonds. The summed E-state index contributed by atoms with van der Waals surface area (Å²) in [6.45, 7) is 4.05. The summed E-state index contributed by atoms with van der Waals surface area (Å²) in [7, 11) is 1.71. The van der Waals surface area contributed by atoms with Crippen molar-refractivity contribution in [3.8, 4) is 0 Å². The summed E-state index contributed by atoms with van der Waals surface area (Å²) < 4.78 is 19.0. The lowest BCUT2D eigenvalue weighted by Crippen LogP contribution is -2.40. The standard InChI is InChI=1S/C17H24FNO2/c1-13-7-8-15(16(18)11-13)17(20)19-9-3-5-14(12-19)6-4-10-21-2/h7-8,11,14H,3-6,9-10,12H2,1-2H3/t14-/m1/s1. The first-order valence-electron chi connectivity index (χ1n) is 7.66. The molecule has 2 rings (SSSR count). The largest absolute Gasteiger partial charge is 0.385 e. The van der Waals surface area contributed by atoms with Crippen LogP contribution in [0.3, 0.4) is 0 Å². The van der Waals surface area contributed by atoms with Gasteiger partial charge in [0.05, 0.1) is 5.56 Å². The molecule has 0 N–H and O–H groups in total. The van der Waals surface area contributed by atoms with Gasteiger partial charge < -0.3 is 9.64 Å². The molecule has 0 bridgehead atoms. The highest BCUT2D eigenvalue weighted by atomic mass is 19.1. The van der Waals surface area contributed by atoms with Crippen LogP contribution in [-0.4, -0.2) is 37.6 Å². The lowest BCUT2D eigenvalue weighted by atomic mass is 9.93. The number of piperidine rings is 1. The number of nitrogens with zero attached hydrogens (tertiary/aromatic N) is 1. The Morgan fingerprint density at radius 2 is 2.29 bits per heavy atom. The van der Waals surface area contributed by atoms with Gasteiger partial charge in [0.2, 0.25) is 0 Å². The van der Waals surface area contributed by atoms with E-state index >= 15 is 0 Å². The number of methoxy groups -OCH3 is 1. The number of likely N-dealkylation sites (tertiary alicyclic amines) is 1. The summed E-state index contributed by atoms with van der Waals surface area (Å²) in [4.78, 5) is 14.3. The Morgan fingerprint density at radius 3 is 3.00 bits per heavy atom. The van der Waals surface area contributed by atoms with E-state index in [0.717, 1.165) is 50.9 Å². The summed E-state index contributed by atoms with van der Waals surface area (Å²) in [5, 5.41) is 0. The minimum Gasteiger partial charge on any atom is -0.385 e. The summed E-state index contributed by atoms with van der Waals surface area (Å²) in [5.41, 5.74) is 1.03. The van der Waals surface area contributed by atoms with E-state index in [2.05, 4.69) is 0 Å². The predicted octanol–water partition coefficient (Wildman–Crippen LogP) is 3.41. The van der Waals surface area contributed by atoms with Gasteiger partial charge in [-0.3, -0.25) is 4.79 Å². The molecule has 1 aromatic carbocycles. The van der Waals surface area contributed by atoms with E-state index in [1.807, 2.05) is 6.92 Å². The monoisotopic (exact) mass is 293 g/mol. The first-order chi connectivity index (χ1) is 10.1. The molecule has 4 heteroatoms. The second kappa shape index (κ2) is 7.55. The molecule has 1 aromatic rings. The van der Waals surface area contributed by atoms with Gasteiger partial charge in [-0.2, -0.15) is 0 Å². The van der Waals surface area contributed by atoms with Gasteiger partial charge in [0.25, 0.3) is 5.91 Å². The van der Waals surface area contributed by atoms with Gasteiger partial charge in [-0.1, -0.05) is 6.07 Å². The van der Waals surface area contributed by atoms with Crippen LogP contribution >= 0.6 is 0 Å². The molecular formula is C17H24FNO2. The van der Waals surface area contributed by atoms with Crippen molar-refractivity contribution in [2.45, 2.75) is 32.6 Å². The predicted molar refractivity (Wildman–Crippen MR) is 80.9 cm³/mol. The van der Waals surface area contributed by atoms with Gasteiger partial charge in [0, 0.05) is 26.8 Å². The third-order valence-corrected chi connectivity index (χ3v) is 4.12. The maximum absolute atomic E-state index is 13.9. The molecule has 0 saturated carbocycles. The smallest absolute Gasteiger partial charge is 0.256 e. The molecule has 1 saturated heterocycles. The fourth-order valence-electron chi connectivity index (χ4n) is 2.97. The average molecular weight is 293 g/mol. The van der Waals surface area contributed by atoms with Crippen LogP contribution in [0, 0.1) is 18.7 Å². The number of rotatable bonds is 5. The molecule has 1 atom stereocenters. The molecule has 1 aliphatic heterocycles. The normalized spacial score (nSPS) is 18.8. The van der Waals surface area contributed by atoms with Gasteiger partial charge in [0.15, 0.2) is 0 Å². The zero-order chi connectivity index (χ0) is 15.2. The first-order valence-corrected chi connectivity index (χ1v) is 7.66. The van der Waals surface area contributed by atoms with E-state index in [1.165, 1.54) is 6.07 Å². The number of ether oxygens (including phenoxy) is 1. The Morgan fingerprint density at radius 1 is 1.48 bits per heavy atom. The molecule has 0 aliphatic carbocycles. The van der Waals surface area contributed by atoms with Crippen molar-refractivity contribution in [3.63, 3.8) is 0 Å². The van der Waals surface area contributed by atoms with Crippen molar-refractivity contribution in [3.05, 3.63) is 35.1 Å². The van der Waals surface area contributed by atoms with Crippen molar-refractivity contribution in [2.24, 2.45) is 5.92 Å². The van der Waals surface area contributed by atoms with Crippen LogP contribution in [0.15, 0.2) is 18.2 Å². The molecule has 0 radical (unpaired) electrons. The van der Waals surface area contributed by atoms with E-state index in [-0.39, 0.29) is 11.5 Å². The third-order valence-electron chi connectivity index (χ3n) is 4.12. The second-order valence-corrected chi connectivity index (χ2v) is 5.88. The van der Waals surface area contributed by atoms with Crippen LogP contribution in [0.5, 0.6) is 0 Å². The van der Waals surface area contributed by atoms with Crippen molar-refractivity contribution in [1.82, 2.24) is 4.90 Å². The van der Waals surface area contributed by atoms with Gasteiger partial charge >= 0.3 is 0 Å². The molecule has 1 heterocycles. The Balaban J connectivity index is 1.98. The minimum atomic E-state index is -0.415. The summed E-state index contributed by atoms with van der Waals surface area (Å²) in [6, 6.07) is 4.81. The summed E-state index contributed by atoms with van der Waals surface area (Å²) >= 11 is 0. The van der Waals surface area contributed by atoms with Crippen molar-refractivity contribution in [1.29, 1.82) is 0 Å². The molecule has 0 aromatic heterocycles. The number of hydrogen-bond acceptors (Lipinski definition) is 2. The lowest BCUT2D eigenvalue weighted by Gasteiger charge is -2.33. The molecular weight excluding hydrogens is 269 g/mol. The molecule has 0 spiro atoms. The number of halogens is 1. The molecule has 1 fully saturated rings. The number of benzene rings is 1. The van der Waals surface area contributed by atoms with E-state index in [1.54, 1.807) is 24.1 Å². The molecule has 0 unspecified atom stereocenters. The van der Waals surface area contributed by atoms with E-state index in [9.17, 15) is 9.18 Å². The highest BCUT2D eigenvalue weighted by molar-refractivity contribution is 5.94. The number of amides is 1. The first kappa shape index (κ1) is 16.0. The van der Waals surface area contributed by atoms with Gasteiger partial charge in [-0.15, -0.1) is 0 Å². The Kier molecular flexibility index (Phi) is 5.74. The fourth-order valence-corrected chi connectivity index (χ4v) is 2.97. The summed E-state index contributed by atoms with van der Waals surface area (Å²) in [5.74, 6) is -0.0863. The maximum atomic E-state index is 13.9. The zero-order valence-electron chi connectivity index (χ0n) is 12.9. The van der Waals surface area contributed by atoms with Crippen LogP contribution in [0.25, 0.3) is 0 Å². The van der Waals surface area contributed by atoms with Crippen LogP contribution in [0.1, 0.15) is 41.6 Å². The van der Waals surface area contributed by atoms with Crippen LogP contribution in [-0.2, 0) is 4.74 Å². The zero-order valence-corrected chi connectivity index (χ0v) is 12.9. The topological polar surface area (TPSA) is 29.5 Å². The van der Waals surface area contributed by atoms with Crippen molar-refractivity contribution >= 4 is 5.91 Å². The summed E-state index contributed by atoms with van der Waals surface area (Å²) in [6.07, 6.45) is 4.22. The lowest BCUT2D eigenvalue weighted by molar-refractivity contribution is 0.0656. The second-order valence-electron chi connectivity index (χ2n) is 5.88. The number of carbonyl (C=O) groups is 1. The van der Waals surface area contributed by atoms with Crippen LogP contribution < -0.4 is 0 Å².